The fourth-order valence-corrected chi connectivity index (χ4v) is 12.1. The summed E-state index contributed by atoms with van der Waals surface area (Å²) in [6.45, 7) is 31.5. The van der Waals surface area contributed by atoms with E-state index in [9.17, 15) is 39.6 Å². The molecule has 492 valence electrons. The molecule has 0 aliphatic rings. The third kappa shape index (κ3) is 21.9. The van der Waals surface area contributed by atoms with Gasteiger partial charge in [-0.1, -0.05) is 90.0 Å². The van der Waals surface area contributed by atoms with Crippen LogP contribution in [0.4, 0.5) is 0 Å². The number of amides is 2. The highest BCUT2D eigenvalue weighted by atomic mass is 31.1. The lowest BCUT2D eigenvalue weighted by Crippen LogP contribution is -2.37. The Morgan fingerprint density at radius 3 is 1.00 bits per heavy atom. The zero-order valence-corrected chi connectivity index (χ0v) is 56.3. The zero-order chi connectivity index (χ0) is 65.3. The molecule has 0 aliphatic heterocycles. The summed E-state index contributed by atoms with van der Waals surface area (Å²) in [6.07, 6.45) is 3.16. The average Bonchev–Trinajstić information content (AvgIpc) is 1.76. The number of benzene rings is 4. The predicted molar refractivity (Wildman–Crippen MR) is 350 cm³/mol. The summed E-state index contributed by atoms with van der Waals surface area (Å²) in [5.74, 6) is -0.598. The lowest BCUT2D eigenvalue weighted by atomic mass is 9.84. The van der Waals surface area contributed by atoms with Crippen LogP contribution in [0.2, 0.25) is 0 Å². The minimum absolute atomic E-state index is 0.0723. The molecule has 89 heavy (non-hydrogen) atoms. The summed E-state index contributed by atoms with van der Waals surface area (Å²) < 4.78 is 49.2. The molecule has 0 saturated heterocycles. The maximum atomic E-state index is 12.6. The zero-order valence-electron chi connectivity index (χ0n) is 54.5. The molecule has 21 nitrogen and oxygen atoms in total. The van der Waals surface area contributed by atoms with Gasteiger partial charge in [0.15, 0.2) is 0 Å². The fourth-order valence-electron chi connectivity index (χ4n) is 9.86. The van der Waals surface area contributed by atoms with E-state index in [0.717, 1.165) is 22.3 Å². The highest BCUT2D eigenvalue weighted by Gasteiger charge is 2.28. The number of nitrogens with one attached hydrogen (secondary N) is 4. The summed E-state index contributed by atoms with van der Waals surface area (Å²) in [5.41, 5.74) is 3.58. The van der Waals surface area contributed by atoms with E-state index >= 15 is 0 Å². The molecule has 0 bridgehead atoms. The van der Waals surface area contributed by atoms with Crippen molar-refractivity contribution in [3.05, 3.63) is 70.8 Å². The van der Waals surface area contributed by atoms with Crippen molar-refractivity contribution < 1.29 is 74.9 Å². The van der Waals surface area contributed by atoms with Crippen LogP contribution in [0, 0.1) is 0 Å². The molecule has 0 aliphatic carbocycles. The number of fused-ring (bicyclic) bond motifs is 6. The van der Waals surface area contributed by atoms with Crippen molar-refractivity contribution in [3.8, 4) is 23.0 Å². The van der Waals surface area contributed by atoms with Crippen LogP contribution in [0.3, 0.4) is 0 Å². The molecule has 0 unspecified atom stereocenters. The Bertz CT molecular complexity index is 3080. The van der Waals surface area contributed by atoms with E-state index in [4.69, 9.17) is 35.3 Å². The number of carbonyl (C=O) groups excluding carboxylic acids is 4. The minimum Gasteiger partial charge on any atom is -0.508 e. The van der Waals surface area contributed by atoms with Gasteiger partial charge in [0.2, 0.25) is 11.8 Å². The maximum absolute atomic E-state index is 12.6. The Morgan fingerprint density at radius 2 is 0.719 bits per heavy atom. The summed E-state index contributed by atoms with van der Waals surface area (Å²) in [4.78, 5) is 52.2. The maximum Gasteiger partial charge on any atom is 0.387 e. The van der Waals surface area contributed by atoms with Gasteiger partial charge in [-0.25, -0.2) is 0 Å². The van der Waals surface area contributed by atoms with Crippen LogP contribution < -0.4 is 30.3 Å². The van der Waals surface area contributed by atoms with Crippen LogP contribution in [0.5, 0.6) is 23.0 Å². The number of carbonyl (C=O) groups is 4. The van der Waals surface area contributed by atoms with Gasteiger partial charge in [-0.3, -0.25) is 28.2 Å². The number of phenols is 4. The second-order valence-corrected chi connectivity index (χ2v) is 28.6. The molecule has 0 fully saturated rings. The SMILES string of the molecule is CCN(CCC(=O)NCCNCCC(=O)OCCCCOp1oc2c(C(C)(C)C)cc(O)cc2c2cc(O)cc(C(C)(C)C)c2o1)CCC(=O)NCCNCCC(=O)OCCCCOp1oc2c(C(C)(C)C)cc(O)cc2c2cc(O)cc(C(C)(C)C)c2o1. The molecule has 0 spiro atoms. The summed E-state index contributed by atoms with van der Waals surface area (Å²) in [7, 11) is -3.87. The van der Waals surface area contributed by atoms with Crippen molar-refractivity contribution in [2.24, 2.45) is 0 Å². The third-order valence-corrected chi connectivity index (χ3v) is 16.9. The van der Waals surface area contributed by atoms with Gasteiger partial charge in [0, 0.05) is 109 Å². The van der Waals surface area contributed by atoms with Crippen LogP contribution in [0.1, 0.15) is 164 Å². The van der Waals surface area contributed by atoms with Gasteiger partial charge in [0.25, 0.3) is 0 Å². The van der Waals surface area contributed by atoms with Gasteiger partial charge in [-0.15, -0.1) is 0 Å². The molecular weight excluding hydrogens is 1180 g/mol. The molecule has 0 radical (unpaired) electrons. The number of hydrogen-bond donors (Lipinski definition) is 8. The van der Waals surface area contributed by atoms with E-state index in [2.05, 4.69) is 21.3 Å². The Hall–Kier alpha value is -6.44. The van der Waals surface area contributed by atoms with Crippen LogP contribution in [0.25, 0.3) is 43.9 Å². The van der Waals surface area contributed by atoms with E-state index < -0.39 is 38.1 Å². The first-order chi connectivity index (χ1) is 41.9. The molecule has 2 aromatic heterocycles. The molecule has 2 heterocycles. The standard InChI is InChI=1S/C66H97N5O16P2/c1-14-71(29-21-55(76)69-27-25-67-23-19-57(78)80-31-15-17-33-82-88-84-59-47(35-43(72)39-51(59)63(2,3)4)48-36-44(73)40-52(60(48)85-88)64(5,6)7)30-22-56(77)70-28-26-68-24-20-58(79)81-32-16-18-34-83-89-86-61-49(37-45(74)41-53(61)65(8,9)10)50-38-46(75)42-54(62(50)87-89)66(11,12)13/h35-42,67-68,72-75H,14-34H2,1-13H3,(H,69,76)(H,70,77). The van der Waals surface area contributed by atoms with Crippen molar-refractivity contribution in [3.63, 3.8) is 0 Å². The van der Waals surface area contributed by atoms with Crippen molar-refractivity contribution in [1.82, 2.24) is 26.2 Å². The topological polar surface area (TPSA) is 290 Å². The van der Waals surface area contributed by atoms with Crippen molar-refractivity contribution in [2.75, 3.05) is 85.3 Å². The predicted octanol–water partition coefficient (Wildman–Crippen LogP) is 12.4. The number of aromatic hydroxyl groups is 4. The molecule has 2 amide bonds. The van der Waals surface area contributed by atoms with Gasteiger partial charge >= 0.3 is 28.4 Å². The van der Waals surface area contributed by atoms with Crippen molar-refractivity contribution >= 4 is 84.1 Å². The number of rotatable bonds is 31. The molecular formula is C66H97N5O16P2. The number of unbranched alkanes of at least 4 members (excludes halogenated alkanes) is 2. The van der Waals surface area contributed by atoms with Gasteiger partial charge in [-0.05, 0) is 102 Å². The first kappa shape index (κ1) is 71.6. The van der Waals surface area contributed by atoms with Gasteiger partial charge in [0.05, 0.1) is 39.3 Å². The van der Waals surface area contributed by atoms with E-state index in [1.165, 1.54) is 0 Å². The smallest absolute Gasteiger partial charge is 0.387 e. The molecule has 0 saturated carbocycles. The van der Waals surface area contributed by atoms with Crippen molar-refractivity contribution in [1.29, 1.82) is 0 Å². The summed E-state index contributed by atoms with van der Waals surface area (Å²) >= 11 is 0. The van der Waals surface area contributed by atoms with Gasteiger partial charge in [0.1, 0.15) is 45.3 Å². The van der Waals surface area contributed by atoms with E-state index in [1.54, 1.807) is 48.5 Å². The first-order valence-electron chi connectivity index (χ1n) is 31.0. The Kier molecular flexibility index (Phi) is 26.2. The van der Waals surface area contributed by atoms with E-state index in [-0.39, 0.29) is 98.9 Å². The van der Waals surface area contributed by atoms with Gasteiger partial charge < -0.3 is 72.9 Å². The van der Waals surface area contributed by atoms with Crippen LogP contribution in [-0.4, -0.2) is 134 Å². The third-order valence-electron chi connectivity index (χ3n) is 14.8. The Labute approximate surface area is 525 Å². The quantitative estimate of drug-likeness (QED) is 0.0148. The number of phenolic OH excluding ortho intramolecular Hbond substituents is 4. The van der Waals surface area contributed by atoms with Crippen LogP contribution in [-0.2, 0) is 50.3 Å². The lowest BCUT2D eigenvalue weighted by molar-refractivity contribution is -0.144. The monoisotopic (exact) mass is 1280 g/mol. The molecule has 6 aromatic rings. The number of ether oxygens (including phenoxy) is 2. The molecule has 0 atom stereocenters. The lowest BCUT2D eigenvalue weighted by Gasteiger charge is -2.21. The fraction of sp³-hybridized carbons (Fsp3) is 0.576. The normalized spacial score (nSPS) is 12.3. The number of nitrogens with zero attached hydrogens (tertiary/aromatic N) is 1. The molecule has 8 N–H and O–H groups in total. The van der Waals surface area contributed by atoms with Gasteiger partial charge in [-0.2, -0.15) is 0 Å². The minimum atomic E-state index is -1.94. The highest BCUT2D eigenvalue weighted by Crippen LogP contribution is 2.46. The average molecular weight is 1280 g/mol. The molecule has 23 heteroatoms. The second-order valence-electron chi connectivity index (χ2n) is 26.4. The molecule has 6 rings (SSSR count). The highest BCUT2D eigenvalue weighted by molar-refractivity contribution is 7.32. The number of hydrogen-bond acceptors (Lipinski definition) is 19. The molecule has 4 aromatic carbocycles. The van der Waals surface area contributed by atoms with E-state index in [1.807, 2.05) is 94.9 Å². The summed E-state index contributed by atoms with van der Waals surface area (Å²) in [6, 6.07) is 13.2. The first-order valence-corrected chi connectivity index (χ1v) is 33.2. The van der Waals surface area contributed by atoms with E-state index in [0.29, 0.717) is 128 Å². The Morgan fingerprint density at radius 1 is 0.427 bits per heavy atom. The van der Waals surface area contributed by atoms with Crippen molar-refractivity contribution in [2.45, 2.75) is 163 Å². The van der Waals surface area contributed by atoms with Crippen LogP contribution >= 0.6 is 16.5 Å². The number of esters is 2. The summed E-state index contributed by atoms with van der Waals surface area (Å²) in [5, 5.41) is 57.6. The second kappa shape index (κ2) is 32.5. The Balaban J connectivity index is 0.783. The van der Waals surface area contributed by atoms with Crippen LogP contribution in [0.15, 0.2) is 65.3 Å². The largest absolute Gasteiger partial charge is 0.508 e.